The van der Waals surface area contributed by atoms with E-state index in [1.54, 1.807) is 18.6 Å². The molecule has 4 aromatic rings. The summed E-state index contributed by atoms with van der Waals surface area (Å²) in [5.74, 6) is -0.282. The Bertz CT molecular complexity index is 1230. The maximum atomic E-state index is 13.1. The van der Waals surface area contributed by atoms with Gasteiger partial charge in [-0.1, -0.05) is 37.3 Å². The minimum atomic E-state index is -0.542. The second-order valence-corrected chi connectivity index (χ2v) is 7.13. The first kappa shape index (κ1) is 19.8. The molecule has 0 bridgehead atoms. The molecule has 2 heterocycles. The van der Waals surface area contributed by atoms with Gasteiger partial charge in [0.25, 0.3) is 0 Å². The normalized spacial score (nSPS) is 12.4. The van der Waals surface area contributed by atoms with Crippen LogP contribution in [0.5, 0.6) is 0 Å². The van der Waals surface area contributed by atoms with Gasteiger partial charge in [-0.25, -0.2) is 14.8 Å². The Balaban J connectivity index is 2.00. The van der Waals surface area contributed by atoms with Gasteiger partial charge in [-0.05, 0) is 37.1 Å². The van der Waals surface area contributed by atoms with E-state index in [-0.39, 0.29) is 18.0 Å². The number of nitrogen functional groups attached to an aromatic ring is 1. The Labute approximate surface area is 174 Å². The SMILES string of the molecule is CCc1ccccc1-n1c(N)c(C(=O)O[C@H](C)COC)c2nc3ccccc3nc21. The van der Waals surface area contributed by atoms with Gasteiger partial charge in [0.2, 0.25) is 0 Å². The zero-order valence-electron chi connectivity index (χ0n) is 17.3. The first-order chi connectivity index (χ1) is 14.5. The largest absolute Gasteiger partial charge is 0.456 e. The summed E-state index contributed by atoms with van der Waals surface area (Å²) in [7, 11) is 1.56. The number of anilines is 1. The maximum Gasteiger partial charge on any atom is 0.344 e. The van der Waals surface area contributed by atoms with Gasteiger partial charge in [-0.15, -0.1) is 0 Å². The van der Waals surface area contributed by atoms with E-state index < -0.39 is 12.1 Å². The summed E-state index contributed by atoms with van der Waals surface area (Å²) in [6, 6.07) is 15.5. The van der Waals surface area contributed by atoms with E-state index in [0.29, 0.717) is 16.7 Å². The molecule has 0 fully saturated rings. The second kappa shape index (κ2) is 8.12. The van der Waals surface area contributed by atoms with Gasteiger partial charge in [0, 0.05) is 7.11 Å². The van der Waals surface area contributed by atoms with Gasteiger partial charge in [-0.2, -0.15) is 0 Å². The number of fused-ring (bicyclic) bond motifs is 2. The van der Waals surface area contributed by atoms with E-state index >= 15 is 0 Å². The van der Waals surface area contributed by atoms with Crippen LogP contribution in [0.2, 0.25) is 0 Å². The van der Waals surface area contributed by atoms with Crippen LogP contribution in [0.1, 0.15) is 29.8 Å². The standard InChI is InChI=1S/C23H24N4O3/c1-4-15-9-5-8-12-18(15)27-21(24)19(23(28)30-14(2)13-29-3)20-22(27)26-17-11-7-6-10-16(17)25-20/h5-12,14H,4,13,24H2,1-3H3/t14-/m1/s1. The third-order valence-electron chi connectivity index (χ3n) is 5.02. The van der Waals surface area contributed by atoms with E-state index in [1.165, 1.54) is 0 Å². The van der Waals surface area contributed by atoms with Gasteiger partial charge in [0.1, 0.15) is 23.0 Å². The molecule has 0 saturated carbocycles. The number of aromatic nitrogens is 3. The van der Waals surface area contributed by atoms with Crippen molar-refractivity contribution in [2.45, 2.75) is 26.4 Å². The Kier molecular flexibility index (Phi) is 5.37. The van der Waals surface area contributed by atoms with Crippen molar-refractivity contribution in [3.05, 3.63) is 59.7 Å². The maximum absolute atomic E-state index is 13.1. The summed E-state index contributed by atoms with van der Waals surface area (Å²) in [5.41, 5.74) is 11.1. The Morgan fingerprint density at radius 2 is 1.77 bits per heavy atom. The van der Waals surface area contributed by atoms with Crippen molar-refractivity contribution in [3.8, 4) is 5.69 Å². The molecular weight excluding hydrogens is 380 g/mol. The van der Waals surface area contributed by atoms with E-state index in [2.05, 4.69) is 6.92 Å². The number of ether oxygens (including phenoxy) is 2. The molecule has 0 spiro atoms. The Morgan fingerprint density at radius 1 is 1.10 bits per heavy atom. The highest BCUT2D eigenvalue weighted by Crippen LogP contribution is 2.33. The van der Waals surface area contributed by atoms with E-state index in [0.717, 1.165) is 23.2 Å². The summed E-state index contributed by atoms with van der Waals surface area (Å²) in [6.45, 7) is 4.13. The topological polar surface area (TPSA) is 92.3 Å². The van der Waals surface area contributed by atoms with Gasteiger partial charge >= 0.3 is 5.97 Å². The van der Waals surface area contributed by atoms with Crippen LogP contribution in [0.4, 0.5) is 5.82 Å². The third kappa shape index (κ3) is 3.37. The minimum Gasteiger partial charge on any atom is -0.456 e. The number of aryl methyl sites for hydroxylation is 1. The molecule has 1 atom stereocenters. The van der Waals surface area contributed by atoms with Crippen molar-refractivity contribution in [3.63, 3.8) is 0 Å². The number of hydrogen-bond acceptors (Lipinski definition) is 6. The number of carbonyl (C=O) groups is 1. The molecule has 30 heavy (non-hydrogen) atoms. The molecule has 2 aromatic carbocycles. The van der Waals surface area contributed by atoms with Crippen molar-refractivity contribution in [1.82, 2.24) is 14.5 Å². The molecule has 0 aliphatic carbocycles. The molecule has 2 aromatic heterocycles. The number of nitrogens with zero attached hydrogens (tertiary/aromatic N) is 3. The predicted octanol–water partition coefficient (Wildman–Crippen LogP) is 3.91. The van der Waals surface area contributed by atoms with Gasteiger partial charge in [-0.3, -0.25) is 4.57 Å². The van der Waals surface area contributed by atoms with Crippen molar-refractivity contribution in [2.75, 3.05) is 19.5 Å². The van der Waals surface area contributed by atoms with E-state index in [1.807, 2.05) is 48.5 Å². The third-order valence-corrected chi connectivity index (χ3v) is 5.02. The lowest BCUT2D eigenvalue weighted by Crippen LogP contribution is -2.20. The predicted molar refractivity (Wildman–Crippen MR) is 117 cm³/mol. The van der Waals surface area contributed by atoms with Crippen LogP contribution in [-0.4, -0.2) is 40.3 Å². The van der Waals surface area contributed by atoms with E-state index in [9.17, 15) is 4.79 Å². The summed E-state index contributed by atoms with van der Waals surface area (Å²) < 4.78 is 12.4. The van der Waals surface area contributed by atoms with Gasteiger partial charge in [0.15, 0.2) is 5.65 Å². The average molecular weight is 404 g/mol. The van der Waals surface area contributed by atoms with Crippen molar-refractivity contribution in [1.29, 1.82) is 0 Å². The zero-order chi connectivity index (χ0) is 21.3. The van der Waals surface area contributed by atoms with E-state index in [4.69, 9.17) is 25.2 Å². The molecule has 4 rings (SSSR count). The molecule has 2 N–H and O–H groups in total. The fourth-order valence-corrected chi connectivity index (χ4v) is 3.64. The number of benzene rings is 2. The molecule has 0 radical (unpaired) electrons. The molecular formula is C23H24N4O3. The first-order valence-corrected chi connectivity index (χ1v) is 9.90. The number of carbonyl (C=O) groups excluding carboxylic acids is 1. The fourth-order valence-electron chi connectivity index (χ4n) is 3.64. The Hall–Kier alpha value is -3.45. The lowest BCUT2D eigenvalue weighted by atomic mass is 10.1. The number of rotatable bonds is 6. The quantitative estimate of drug-likeness (QED) is 0.490. The summed E-state index contributed by atoms with van der Waals surface area (Å²) in [4.78, 5) is 22.6. The zero-order valence-corrected chi connectivity index (χ0v) is 17.3. The minimum absolute atomic E-state index is 0.220. The lowest BCUT2D eigenvalue weighted by Gasteiger charge is -2.13. The van der Waals surface area contributed by atoms with Gasteiger partial charge in [0.05, 0.1) is 23.3 Å². The van der Waals surface area contributed by atoms with Crippen molar-refractivity contribution >= 4 is 34.0 Å². The number of hydrogen-bond donors (Lipinski definition) is 1. The number of methoxy groups -OCH3 is 1. The molecule has 7 heteroatoms. The van der Waals surface area contributed by atoms with Crippen LogP contribution in [0.25, 0.3) is 27.9 Å². The highest BCUT2D eigenvalue weighted by atomic mass is 16.6. The average Bonchev–Trinajstić information content (AvgIpc) is 3.02. The van der Waals surface area contributed by atoms with Crippen LogP contribution >= 0.6 is 0 Å². The molecule has 0 unspecified atom stereocenters. The monoisotopic (exact) mass is 404 g/mol. The molecule has 7 nitrogen and oxygen atoms in total. The van der Waals surface area contributed by atoms with Crippen LogP contribution in [0.15, 0.2) is 48.5 Å². The van der Waals surface area contributed by atoms with Crippen LogP contribution < -0.4 is 5.73 Å². The first-order valence-electron chi connectivity index (χ1n) is 9.90. The number of nitrogens with two attached hydrogens (primary N) is 1. The molecule has 0 amide bonds. The number of para-hydroxylation sites is 3. The summed E-state index contributed by atoms with van der Waals surface area (Å²) >= 11 is 0. The lowest BCUT2D eigenvalue weighted by molar-refractivity contribution is 0.0123. The smallest absolute Gasteiger partial charge is 0.344 e. The fraction of sp³-hybridized carbons (Fsp3) is 0.261. The molecule has 0 saturated heterocycles. The highest BCUT2D eigenvalue weighted by Gasteiger charge is 2.27. The summed E-state index contributed by atoms with van der Waals surface area (Å²) in [5, 5.41) is 0. The second-order valence-electron chi connectivity index (χ2n) is 7.13. The highest BCUT2D eigenvalue weighted by molar-refractivity contribution is 6.09. The van der Waals surface area contributed by atoms with Gasteiger partial charge < -0.3 is 15.2 Å². The molecule has 0 aliphatic rings. The van der Waals surface area contributed by atoms with Crippen LogP contribution in [0.3, 0.4) is 0 Å². The van der Waals surface area contributed by atoms with Crippen molar-refractivity contribution in [2.24, 2.45) is 0 Å². The summed E-state index contributed by atoms with van der Waals surface area (Å²) in [6.07, 6.45) is 0.387. The van der Waals surface area contributed by atoms with Crippen LogP contribution in [0, 0.1) is 0 Å². The van der Waals surface area contributed by atoms with Crippen molar-refractivity contribution < 1.29 is 14.3 Å². The molecule has 154 valence electrons. The molecule has 0 aliphatic heterocycles. The van der Waals surface area contributed by atoms with Crippen LogP contribution in [-0.2, 0) is 15.9 Å². The Morgan fingerprint density at radius 3 is 2.47 bits per heavy atom. The number of esters is 1.